The summed E-state index contributed by atoms with van der Waals surface area (Å²) in [6.07, 6.45) is 0.439. The van der Waals surface area contributed by atoms with Crippen LogP contribution in [0, 0.1) is 5.82 Å². The lowest BCUT2D eigenvalue weighted by Gasteiger charge is -2.10. The van der Waals surface area contributed by atoms with Gasteiger partial charge in [0.05, 0.1) is 17.7 Å². The van der Waals surface area contributed by atoms with Gasteiger partial charge in [-0.25, -0.2) is 4.39 Å². The number of rotatable bonds is 8. The van der Waals surface area contributed by atoms with Crippen LogP contribution in [-0.2, 0) is 4.79 Å². The highest BCUT2D eigenvalue weighted by molar-refractivity contribution is 5.97. The Hall–Kier alpha value is -3.42. The van der Waals surface area contributed by atoms with Gasteiger partial charge in [-0.05, 0) is 37.6 Å². The molecule has 0 heterocycles. The second-order valence-corrected chi connectivity index (χ2v) is 5.77. The van der Waals surface area contributed by atoms with E-state index in [4.69, 9.17) is 4.74 Å². The highest BCUT2D eigenvalue weighted by Gasteiger charge is 2.13. The van der Waals surface area contributed by atoms with Gasteiger partial charge in [0, 0.05) is 13.0 Å². The van der Waals surface area contributed by atoms with Crippen LogP contribution in [0.1, 0.15) is 40.5 Å². The van der Waals surface area contributed by atoms with E-state index in [1.165, 1.54) is 18.2 Å². The third-order valence-corrected chi connectivity index (χ3v) is 3.73. The number of halogens is 1. The number of carbonyl (C=O) groups is 3. The van der Waals surface area contributed by atoms with E-state index in [1.54, 1.807) is 24.3 Å². The highest BCUT2D eigenvalue weighted by Crippen LogP contribution is 2.17. The van der Waals surface area contributed by atoms with Crippen molar-refractivity contribution in [2.24, 2.45) is 0 Å². The van der Waals surface area contributed by atoms with Crippen molar-refractivity contribution in [3.63, 3.8) is 0 Å². The number of ether oxygens (including phenoxy) is 1. The van der Waals surface area contributed by atoms with Gasteiger partial charge in [-0.15, -0.1) is 0 Å². The zero-order valence-corrected chi connectivity index (χ0v) is 15.5. The van der Waals surface area contributed by atoms with Crippen LogP contribution in [0.3, 0.4) is 0 Å². The monoisotopic (exact) mass is 387 g/mol. The van der Waals surface area contributed by atoms with Crippen LogP contribution in [0.5, 0.6) is 5.75 Å². The Balaban J connectivity index is 1.71. The quantitative estimate of drug-likeness (QED) is 0.478. The fourth-order valence-corrected chi connectivity index (χ4v) is 2.38. The molecule has 7 nitrogen and oxygen atoms in total. The zero-order chi connectivity index (χ0) is 20.4. The molecule has 0 atom stereocenters. The van der Waals surface area contributed by atoms with Gasteiger partial charge in [0.25, 0.3) is 11.8 Å². The second kappa shape index (κ2) is 10.7. The molecule has 148 valence electrons. The van der Waals surface area contributed by atoms with Crippen LogP contribution < -0.4 is 20.9 Å². The molecule has 2 aromatic carbocycles. The summed E-state index contributed by atoms with van der Waals surface area (Å²) < 4.78 is 18.9. The van der Waals surface area contributed by atoms with Crippen LogP contribution in [0.15, 0.2) is 48.5 Å². The number of hydrogen-bond acceptors (Lipinski definition) is 4. The molecule has 0 spiro atoms. The third kappa shape index (κ3) is 6.08. The molecule has 0 bridgehead atoms. The predicted molar refractivity (Wildman–Crippen MR) is 101 cm³/mol. The maximum absolute atomic E-state index is 13.5. The molecular formula is C20H22FN3O4. The Labute approximate surface area is 162 Å². The Morgan fingerprint density at radius 2 is 1.61 bits per heavy atom. The summed E-state index contributed by atoms with van der Waals surface area (Å²) in [6.45, 7) is 2.55. The molecular weight excluding hydrogens is 365 g/mol. The number of hydrazine groups is 1. The number of carbonyl (C=O) groups excluding carboxylic acids is 3. The molecule has 0 aliphatic heterocycles. The van der Waals surface area contributed by atoms with E-state index < -0.39 is 17.6 Å². The molecule has 3 N–H and O–H groups in total. The number of para-hydroxylation sites is 1. The standard InChI is InChI=1S/C20H22FN3O4/c1-2-28-17-11-6-4-9-15(17)19(26)22-13-7-12-18(25)23-24-20(27)14-8-3-5-10-16(14)21/h3-6,8-11H,2,7,12-13H2,1H3,(H,22,26)(H,23,25)(H,24,27). The van der Waals surface area contributed by atoms with Gasteiger partial charge in [-0.2, -0.15) is 0 Å². The predicted octanol–water partition coefficient (Wildman–Crippen LogP) is 2.20. The summed E-state index contributed by atoms with van der Waals surface area (Å²) in [4.78, 5) is 35.8. The van der Waals surface area contributed by atoms with Crippen molar-refractivity contribution < 1.29 is 23.5 Å². The van der Waals surface area contributed by atoms with Crippen molar-refractivity contribution >= 4 is 17.7 Å². The summed E-state index contributed by atoms with van der Waals surface area (Å²) in [5.41, 5.74) is 4.63. The van der Waals surface area contributed by atoms with Gasteiger partial charge >= 0.3 is 0 Å². The van der Waals surface area contributed by atoms with Crippen molar-refractivity contribution in [1.82, 2.24) is 16.2 Å². The Morgan fingerprint density at radius 1 is 0.929 bits per heavy atom. The van der Waals surface area contributed by atoms with Gasteiger partial charge in [0.2, 0.25) is 5.91 Å². The Bertz CT molecular complexity index is 842. The minimum Gasteiger partial charge on any atom is -0.493 e. The van der Waals surface area contributed by atoms with E-state index in [0.717, 1.165) is 6.07 Å². The molecule has 0 aliphatic carbocycles. The van der Waals surface area contributed by atoms with Crippen molar-refractivity contribution in [1.29, 1.82) is 0 Å². The first-order valence-electron chi connectivity index (χ1n) is 8.86. The van der Waals surface area contributed by atoms with E-state index in [9.17, 15) is 18.8 Å². The Morgan fingerprint density at radius 3 is 2.32 bits per heavy atom. The topological polar surface area (TPSA) is 96.5 Å². The third-order valence-electron chi connectivity index (χ3n) is 3.73. The van der Waals surface area contributed by atoms with Crippen molar-refractivity contribution in [2.75, 3.05) is 13.2 Å². The zero-order valence-electron chi connectivity index (χ0n) is 15.5. The fourth-order valence-electron chi connectivity index (χ4n) is 2.38. The summed E-state index contributed by atoms with van der Waals surface area (Å²) in [5, 5.41) is 2.72. The van der Waals surface area contributed by atoms with Crippen LogP contribution >= 0.6 is 0 Å². The van der Waals surface area contributed by atoms with Gasteiger partial charge in [-0.1, -0.05) is 24.3 Å². The molecule has 2 aromatic rings. The largest absolute Gasteiger partial charge is 0.493 e. The van der Waals surface area contributed by atoms with Crippen molar-refractivity contribution in [3.8, 4) is 5.75 Å². The average molecular weight is 387 g/mol. The molecule has 0 fully saturated rings. The molecule has 2 rings (SSSR count). The van der Waals surface area contributed by atoms with Crippen LogP contribution in [-0.4, -0.2) is 30.9 Å². The number of amides is 3. The number of nitrogens with one attached hydrogen (secondary N) is 3. The maximum Gasteiger partial charge on any atom is 0.272 e. The van der Waals surface area contributed by atoms with Crippen LogP contribution in [0.25, 0.3) is 0 Å². The van der Waals surface area contributed by atoms with Crippen molar-refractivity contribution in [3.05, 3.63) is 65.5 Å². The van der Waals surface area contributed by atoms with Gasteiger partial charge < -0.3 is 10.1 Å². The van der Waals surface area contributed by atoms with E-state index in [2.05, 4.69) is 16.2 Å². The average Bonchev–Trinajstić information content (AvgIpc) is 2.70. The Kier molecular flexibility index (Phi) is 7.95. The van der Waals surface area contributed by atoms with E-state index in [0.29, 0.717) is 24.3 Å². The molecule has 0 aromatic heterocycles. The first kappa shape index (κ1) is 20.9. The lowest BCUT2D eigenvalue weighted by atomic mass is 10.2. The molecule has 0 saturated heterocycles. The maximum atomic E-state index is 13.5. The summed E-state index contributed by atoms with van der Waals surface area (Å²) in [7, 11) is 0. The van der Waals surface area contributed by atoms with Gasteiger partial charge in [0.15, 0.2) is 0 Å². The molecule has 0 aliphatic rings. The summed E-state index contributed by atoms with van der Waals surface area (Å²) in [6, 6.07) is 12.3. The summed E-state index contributed by atoms with van der Waals surface area (Å²) in [5.74, 6) is -1.67. The second-order valence-electron chi connectivity index (χ2n) is 5.77. The molecule has 0 unspecified atom stereocenters. The lowest BCUT2D eigenvalue weighted by molar-refractivity contribution is -0.121. The fraction of sp³-hybridized carbons (Fsp3) is 0.250. The number of hydrogen-bond donors (Lipinski definition) is 3. The van der Waals surface area contributed by atoms with Crippen LogP contribution in [0.2, 0.25) is 0 Å². The van der Waals surface area contributed by atoms with Gasteiger partial charge in [-0.3, -0.25) is 25.2 Å². The van der Waals surface area contributed by atoms with E-state index in [1.807, 2.05) is 6.92 Å². The molecule has 0 radical (unpaired) electrons. The lowest BCUT2D eigenvalue weighted by Crippen LogP contribution is -2.42. The van der Waals surface area contributed by atoms with Gasteiger partial charge in [0.1, 0.15) is 11.6 Å². The normalized spacial score (nSPS) is 10.1. The first-order valence-corrected chi connectivity index (χ1v) is 8.86. The SMILES string of the molecule is CCOc1ccccc1C(=O)NCCCC(=O)NNC(=O)c1ccccc1F. The molecule has 3 amide bonds. The molecule has 0 saturated carbocycles. The summed E-state index contributed by atoms with van der Waals surface area (Å²) >= 11 is 0. The van der Waals surface area contributed by atoms with Crippen molar-refractivity contribution in [2.45, 2.75) is 19.8 Å². The van der Waals surface area contributed by atoms with E-state index in [-0.39, 0.29) is 24.4 Å². The highest BCUT2D eigenvalue weighted by atomic mass is 19.1. The number of benzene rings is 2. The first-order chi connectivity index (χ1) is 13.5. The van der Waals surface area contributed by atoms with Crippen LogP contribution in [0.4, 0.5) is 4.39 Å². The van der Waals surface area contributed by atoms with E-state index >= 15 is 0 Å². The molecule has 28 heavy (non-hydrogen) atoms. The molecule has 8 heteroatoms. The smallest absolute Gasteiger partial charge is 0.272 e. The minimum absolute atomic E-state index is 0.0743. The minimum atomic E-state index is -0.743.